The van der Waals surface area contributed by atoms with Crippen LogP contribution >= 0.6 is 11.8 Å². The molecule has 2 aromatic heterocycles. The molecule has 0 saturated carbocycles. The van der Waals surface area contributed by atoms with Crippen molar-refractivity contribution in [2.75, 3.05) is 11.1 Å². The number of hydrogen-bond acceptors (Lipinski definition) is 4. The zero-order chi connectivity index (χ0) is 24.7. The maximum Gasteiger partial charge on any atom is 0.283 e. The van der Waals surface area contributed by atoms with Gasteiger partial charge in [0.2, 0.25) is 5.91 Å². The van der Waals surface area contributed by atoms with Gasteiger partial charge in [0.25, 0.3) is 5.56 Å². The van der Waals surface area contributed by atoms with Crippen molar-refractivity contribution >= 4 is 45.3 Å². The lowest BCUT2D eigenvalue weighted by atomic mass is 10.1. The molecule has 5 rings (SSSR count). The lowest BCUT2D eigenvalue weighted by Gasteiger charge is -2.15. The molecule has 0 radical (unpaired) electrons. The van der Waals surface area contributed by atoms with Crippen LogP contribution in [0.2, 0.25) is 0 Å². The van der Waals surface area contributed by atoms with Gasteiger partial charge in [0, 0.05) is 16.6 Å². The second-order valence-electron chi connectivity index (χ2n) is 8.83. The third kappa shape index (κ3) is 4.23. The Morgan fingerprint density at radius 3 is 2.40 bits per heavy atom. The van der Waals surface area contributed by atoms with Gasteiger partial charge in [-0.2, -0.15) is 0 Å². The van der Waals surface area contributed by atoms with E-state index >= 15 is 0 Å². The highest BCUT2D eigenvalue weighted by Crippen LogP contribution is 2.28. The normalized spacial score (nSPS) is 11.3. The summed E-state index contributed by atoms with van der Waals surface area (Å²) in [5.74, 6) is -0.0199. The number of hydrogen-bond donors (Lipinski definition) is 2. The minimum absolute atomic E-state index is 0.124. The van der Waals surface area contributed by atoms with E-state index in [0.29, 0.717) is 16.2 Å². The van der Waals surface area contributed by atoms with Crippen LogP contribution in [0.25, 0.3) is 27.6 Å². The molecule has 2 heterocycles. The van der Waals surface area contributed by atoms with E-state index in [1.807, 2.05) is 76.2 Å². The quantitative estimate of drug-likeness (QED) is 0.244. The van der Waals surface area contributed by atoms with E-state index in [1.165, 1.54) is 11.8 Å². The number of nitrogens with one attached hydrogen (secondary N) is 2. The summed E-state index contributed by atoms with van der Waals surface area (Å²) >= 11 is 1.26. The van der Waals surface area contributed by atoms with Crippen molar-refractivity contribution in [3.05, 3.63) is 93.3 Å². The van der Waals surface area contributed by atoms with E-state index < -0.39 is 0 Å². The van der Waals surface area contributed by atoms with E-state index in [0.717, 1.165) is 44.5 Å². The van der Waals surface area contributed by atoms with Gasteiger partial charge in [0.15, 0.2) is 5.16 Å². The van der Waals surface area contributed by atoms with Crippen molar-refractivity contribution in [3.63, 3.8) is 0 Å². The first-order valence-corrected chi connectivity index (χ1v) is 12.4. The van der Waals surface area contributed by atoms with Crippen LogP contribution in [0.3, 0.4) is 0 Å². The molecule has 0 atom stereocenters. The van der Waals surface area contributed by atoms with E-state index in [1.54, 1.807) is 4.57 Å². The number of para-hydroxylation sites is 2. The summed E-state index contributed by atoms with van der Waals surface area (Å²) < 4.78 is 1.60. The highest BCUT2D eigenvalue weighted by molar-refractivity contribution is 7.99. The predicted octanol–water partition coefficient (Wildman–Crippen LogP) is 5.83. The SMILES string of the molecule is Cc1cc(C)c(NC(=O)CSc2nc3c([nH]c4ccccc43)c(=O)n2-c2ccccc2C)c(C)c1. The van der Waals surface area contributed by atoms with Crippen molar-refractivity contribution in [2.24, 2.45) is 0 Å². The Labute approximate surface area is 207 Å². The molecule has 1 amide bonds. The van der Waals surface area contributed by atoms with E-state index in [4.69, 9.17) is 4.98 Å². The molecule has 0 saturated heterocycles. The number of aromatic amines is 1. The van der Waals surface area contributed by atoms with Gasteiger partial charge in [-0.05, 0) is 56.5 Å². The van der Waals surface area contributed by atoms with E-state index in [2.05, 4.69) is 22.4 Å². The summed E-state index contributed by atoms with van der Waals surface area (Å²) in [6.45, 7) is 7.98. The summed E-state index contributed by atoms with van der Waals surface area (Å²) in [6, 6.07) is 19.5. The molecule has 0 spiro atoms. The number of aryl methyl sites for hydroxylation is 4. The van der Waals surface area contributed by atoms with E-state index in [9.17, 15) is 9.59 Å². The molecule has 0 aliphatic carbocycles. The van der Waals surface area contributed by atoms with Gasteiger partial charge >= 0.3 is 0 Å². The van der Waals surface area contributed by atoms with Crippen LogP contribution in [0.1, 0.15) is 22.3 Å². The standard InChI is InChI=1S/C28H26N4O2S/c1-16-13-18(3)24(19(4)14-16)30-23(33)15-35-28-31-25-20-10-6-7-11-21(20)29-26(25)27(34)32(28)22-12-8-5-9-17(22)2/h5-14,29H,15H2,1-4H3,(H,30,33). The first-order chi connectivity index (χ1) is 16.8. The number of H-pyrrole nitrogens is 1. The van der Waals surface area contributed by atoms with Crippen LogP contribution < -0.4 is 10.9 Å². The van der Waals surface area contributed by atoms with Gasteiger partial charge in [-0.1, -0.05) is 65.9 Å². The molecule has 7 heteroatoms. The van der Waals surface area contributed by atoms with Crippen LogP contribution in [0.15, 0.2) is 70.6 Å². The number of carbonyl (C=O) groups is 1. The van der Waals surface area contributed by atoms with Gasteiger partial charge in [0.1, 0.15) is 11.0 Å². The molecule has 176 valence electrons. The lowest BCUT2D eigenvalue weighted by molar-refractivity contribution is -0.113. The van der Waals surface area contributed by atoms with Crippen LogP contribution in [0.5, 0.6) is 0 Å². The minimum Gasteiger partial charge on any atom is -0.349 e. The summed E-state index contributed by atoms with van der Waals surface area (Å²) in [5.41, 5.74) is 7.47. The summed E-state index contributed by atoms with van der Waals surface area (Å²) in [4.78, 5) is 34.8. The number of aromatic nitrogens is 3. The molecule has 0 fully saturated rings. The number of benzene rings is 3. The van der Waals surface area contributed by atoms with Crippen LogP contribution in [-0.2, 0) is 4.79 Å². The fraction of sp³-hybridized carbons (Fsp3) is 0.179. The molecule has 3 aromatic carbocycles. The third-order valence-electron chi connectivity index (χ3n) is 6.12. The second-order valence-corrected chi connectivity index (χ2v) is 9.77. The van der Waals surface area contributed by atoms with Crippen LogP contribution in [0.4, 0.5) is 5.69 Å². The maximum absolute atomic E-state index is 13.7. The zero-order valence-electron chi connectivity index (χ0n) is 20.1. The van der Waals surface area contributed by atoms with Crippen molar-refractivity contribution in [2.45, 2.75) is 32.9 Å². The molecule has 0 unspecified atom stereocenters. The molecule has 5 aromatic rings. The van der Waals surface area contributed by atoms with Crippen molar-refractivity contribution < 1.29 is 4.79 Å². The number of thioether (sulfide) groups is 1. The Bertz CT molecular complexity index is 1640. The molecular weight excluding hydrogens is 456 g/mol. The highest BCUT2D eigenvalue weighted by atomic mass is 32.2. The van der Waals surface area contributed by atoms with Gasteiger partial charge in [-0.25, -0.2) is 4.98 Å². The Hall–Kier alpha value is -3.84. The third-order valence-corrected chi connectivity index (χ3v) is 7.06. The number of nitrogens with zero attached hydrogens (tertiary/aromatic N) is 2. The zero-order valence-corrected chi connectivity index (χ0v) is 20.9. The van der Waals surface area contributed by atoms with Crippen molar-refractivity contribution in [1.82, 2.24) is 14.5 Å². The summed E-state index contributed by atoms with van der Waals surface area (Å²) in [5, 5.41) is 4.41. The monoisotopic (exact) mass is 482 g/mol. The van der Waals surface area contributed by atoms with Crippen molar-refractivity contribution in [1.29, 1.82) is 0 Å². The Morgan fingerprint density at radius 2 is 1.66 bits per heavy atom. The van der Waals surface area contributed by atoms with Gasteiger partial charge in [0.05, 0.1) is 11.4 Å². The Kier molecular flexibility index (Phi) is 5.94. The van der Waals surface area contributed by atoms with Gasteiger partial charge in [-0.3, -0.25) is 14.2 Å². The molecule has 0 aliphatic rings. The Balaban J connectivity index is 1.56. The molecule has 0 bridgehead atoms. The maximum atomic E-state index is 13.7. The molecular formula is C28H26N4O2S. The molecule has 6 nitrogen and oxygen atoms in total. The average molecular weight is 483 g/mol. The number of rotatable bonds is 5. The van der Waals surface area contributed by atoms with Crippen molar-refractivity contribution in [3.8, 4) is 5.69 Å². The number of amides is 1. The molecule has 0 aliphatic heterocycles. The Morgan fingerprint density at radius 1 is 0.971 bits per heavy atom. The number of carbonyl (C=O) groups excluding carboxylic acids is 1. The van der Waals surface area contributed by atoms with Gasteiger partial charge in [-0.15, -0.1) is 0 Å². The first-order valence-electron chi connectivity index (χ1n) is 11.4. The second kappa shape index (κ2) is 9.07. The topological polar surface area (TPSA) is 79.8 Å². The number of anilines is 1. The van der Waals surface area contributed by atoms with Crippen LogP contribution in [-0.4, -0.2) is 26.2 Å². The minimum atomic E-state index is -0.186. The average Bonchev–Trinajstić information content (AvgIpc) is 3.20. The van der Waals surface area contributed by atoms with Gasteiger partial charge < -0.3 is 10.3 Å². The fourth-order valence-electron chi connectivity index (χ4n) is 4.55. The molecule has 35 heavy (non-hydrogen) atoms. The molecule has 2 N–H and O–H groups in total. The summed E-state index contributed by atoms with van der Waals surface area (Å²) in [7, 11) is 0. The van der Waals surface area contributed by atoms with E-state index in [-0.39, 0.29) is 17.2 Å². The highest BCUT2D eigenvalue weighted by Gasteiger charge is 2.19. The van der Waals surface area contributed by atoms with Crippen LogP contribution in [0, 0.1) is 27.7 Å². The number of fused-ring (bicyclic) bond motifs is 3. The largest absolute Gasteiger partial charge is 0.349 e. The first kappa shape index (κ1) is 22.9. The lowest BCUT2D eigenvalue weighted by Crippen LogP contribution is -2.23. The summed E-state index contributed by atoms with van der Waals surface area (Å²) in [6.07, 6.45) is 0. The smallest absolute Gasteiger partial charge is 0.283 e. The fourth-order valence-corrected chi connectivity index (χ4v) is 5.35. The predicted molar refractivity (Wildman–Crippen MR) is 144 cm³/mol.